The number of rotatable bonds is 8. The van der Waals surface area contributed by atoms with E-state index in [4.69, 9.17) is 20.6 Å². The van der Waals surface area contributed by atoms with Crippen molar-refractivity contribution in [2.45, 2.75) is 33.4 Å². The molecular weight excluding hydrogens is 434 g/mol. The zero-order valence-electron chi connectivity index (χ0n) is 19.5. The number of nitrogens with one attached hydrogen (secondary N) is 1. The molecule has 11 nitrogen and oxygen atoms in total. The Labute approximate surface area is 196 Å². The quantitative estimate of drug-likeness (QED) is 0.407. The maximum atomic E-state index is 12.0. The number of hydrogen-bond acceptors (Lipinski definition) is 7. The van der Waals surface area contributed by atoms with Gasteiger partial charge in [0.2, 0.25) is 5.91 Å². The molecule has 4 aromatic rings. The van der Waals surface area contributed by atoms with Crippen molar-refractivity contribution in [1.82, 2.24) is 39.6 Å². The third-order valence-electron chi connectivity index (χ3n) is 6.09. The Kier molecular flexibility index (Phi) is 6.12. The van der Waals surface area contributed by atoms with E-state index in [1.807, 2.05) is 35.5 Å². The third kappa shape index (κ3) is 4.44. The molecule has 1 fully saturated rings. The number of primary amides is 1. The van der Waals surface area contributed by atoms with Gasteiger partial charge >= 0.3 is 0 Å². The van der Waals surface area contributed by atoms with Crippen LogP contribution < -0.4 is 5.73 Å². The summed E-state index contributed by atoms with van der Waals surface area (Å²) in [7, 11) is 0. The first-order chi connectivity index (χ1) is 16.5. The number of carbonyl (C=O) groups is 1. The maximum Gasteiger partial charge on any atom is 0.248 e. The van der Waals surface area contributed by atoms with E-state index in [0.29, 0.717) is 29.3 Å². The van der Waals surface area contributed by atoms with Crippen LogP contribution >= 0.6 is 0 Å². The second kappa shape index (κ2) is 9.35. The Bertz CT molecular complexity index is 1310. The molecule has 5 rings (SSSR count). The summed E-state index contributed by atoms with van der Waals surface area (Å²) < 4.78 is 9.21. The number of H-pyrrole nitrogens is 1. The average molecular weight is 464 g/mol. The van der Waals surface area contributed by atoms with Gasteiger partial charge in [-0.2, -0.15) is 15.3 Å². The highest BCUT2D eigenvalue weighted by atomic mass is 16.5. The minimum atomic E-state index is -0.510. The summed E-state index contributed by atoms with van der Waals surface area (Å²) in [6, 6.07) is 5.43. The van der Waals surface area contributed by atoms with Gasteiger partial charge in [0.15, 0.2) is 11.6 Å². The molecule has 4 heterocycles. The van der Waals surface area contributed by atoms with Crippen molar-refractivity contribution < 1.29 is 9.53 Å². The molecule has 0 radical (unpaired) electrons. The number of fused-ring (bicyclic) bond motifs is 1. The van der Waals surface area contributed by atoms with Crippen LogP contribution in [0.25, 0.3) is 33.8 Å². The summed E-state index contributed by atoms with van der Waals surface area (Å²) in [6.45, 7) is 9.97. The molecule has 11 heteroatoms. The summed E-state index contributed by atoms with van der Waals surface area (Å²) in [5, 5.41) is 17.5. The summed E-state index contributed by atoms with van der Waals surface area (Å²) in [4.78, 5) is 19.1. The molecule has 178 valence electrons. The Morgan fingerprint density at radius 1 is 1.18 bits per heavy atom. The van der Waals surface area contributed by atoms with Crippen molar-refractivity contribution in [3.8, 4) is 22.9 Å². The van der Waals surface area contributed by atoms with Crippen LogP contribution in [0.2, 0.25) is 0 Å². The van der Waals surface area contributed by atoms with Gasteiger partial charge in [0.05, 0.1) is 24.4 Å². The lowest BCUT2D eigenvalue weighted by Gasteiger charge is -2.26. The number of hydrogen-bond donors (Lipinski definition) is 2. The monoisotopic (exact) mass is 463 g/mol. The molecule has 1 saturated heterocycles. The number of ether oxygens (including phenoxy) is 1. The van der Waals surface area contributed by atoms with Crippen LogP contribution in [0.1, 0.15) is 29.4 Å². The normalized spacial score (nSPS) is 14.8. The molecule has 0 saturated carbocycles. The first-order valence-corrected chi connectivity index (χ1v) is 11.6. The van der Waals surface area contributed by atoms with Gasteiger partial charge in [0.1, 0.15) is 5.69 Å². The van der Waals surface area contributed by atoms with E-state index < -0.39 is 5.91 Å². The van der Waals surface area contributed by atoms with Crippen molar-refractivity contribution >= 4 is 16.8 Å². The Hall–Kier alpha value is -3.57. The Morgan fingerprint density at radius 3 is 2.76 bits per heavy atom. The molecule has 1 amide bonds. The van der Waals surface area contributed by atoms with Gasteiger partial charge < -0.3 is 10.5 Å². The van der Waals surface area contributed by atoms with Gasteiger partial charge in [0, 0.05) is 55.4 Å². The maximum absolute atomic E-state index is 12.0. The minimum absolute atomic E-state index is 0.383. The van der Waals surface area contributed by atoms with Crippen LogP contribution in [-0.4, -0.2) is 78.4 Å². The molecule has 1 aromatic carbocycles. The highest BCUT2D eigenvalue weighted by molar-refractivity contribution is 6.02. The predicted molar refractivity (Wildman–Crippen MR) is 127 cm³/mol. The van der Waals surface area contributed by atoms with Crippen LogP contribution in [-0.2, 0) is 17.8 Å². The molecule has 1 aliphatic heterocycles. The number of amides is 1. The Balaban J connectivity index is 1.45. The first-order valence-electron chi connectivity index (χ1n) is 11.6. The summed E-state index contributed by atoms with van der Waals surface area (Å²) in [6.07, 6.45) is 2.97. The standard InChI is InChI=1S/C23H29N9O2/c1-3-32-20(11-15(2)28-32)23-25-22(26-27-23)17-12-16(21(24)33)13-19-18(17)14-31(29-19)6-4-5-30-7-9-34-10-8-30/h11-14H,3-10H2,1-2H3,(H2,24,33)(H,25,26,27). The van der Waals surface area contributed by atoms with Crippen LogP contribution in [0.3, 0.4) is 0 Å². The van der Waals surface area contributed by atoms with E-state index >= 15 is 0 Å². The summed E-state index contributed by atoms with van der Waals surface area (Å²) in [5.41, 5.74) is 9.17. The lowest BCUT2D eigenvalue weighted by molar-refractivity contribution is 0.0368. The number of aryl methyl sites for hydroxylation is 3. The fraction of sp³-hybridized carbons (Fsp3) is 0.435. The van der Waals surface area contributed by atoms with Crippen LogP contribution in [0, 0.1) is 6.92 Å². The fourth-order valence-corrected chi connectivity index (χ4v) is 4.37. The van der Waals surface area contributed by atoms with E-state index in [-0.39, 0.29) is 0 Å². The predicted octanol–water partition coefficient (Wildman–Crippen LogP) is 1.83. The lowest BCUT2D eigenvalue weighted by atomic mass is 10.1. The molecule has 1 aliphatic rings. The molecule has 0 unspecified atom stereocenters. The second-order valence-corrected chi connectivity index (χ2v) is 8.51. The van der Waals surface area contributed by atoms with Gasteiger partial charge in [-0.15, -0.1) is 0 Å². The van der Waals surface area contributed by atoms with Crippen molar-refractivity contribution in [2.24, 2.45) is 5.73 Å². The topological polar surface area (TPSA) is 133 Å². The number of aromatic nitrogens is 7. The van der Waals surface area contributed by atoms with E-state index in [9.17, 15) is 4.79 Å². The SMILES string of the molecule is CCn1nc(C)cc1-c1n[nH]c(-c2cc(C(N)=O)cc3nn(CCCN4CCOCC4)cc23)n1. The molecule has 0 atom stereocenters. The third-order valence-corrected chi connectivity index (χ3v) is 6.09. The zero-order valence-corrected chi connectivity index (χ0v) is 19.5. The minimum Gasteiger partial charge on any atom is -0.379 e. The van der Waals surface area contributed by atoms with E-state index in [0.717, 1.165) is 68.2 Å². The van der Waals surface area contributed by atoms with E-state index in [1.54, 1.807) is 12.1 Å². The smallest absolute Gasteiger partial charge is 0.248 e. The van der Waals surface area contributed by atoms with Crippen molar-refractivity contribution in [3.63, 3.8) is 0 Å². The molecule has 34 heavy (non-hydrogen) atoms. The molecule has 0 aliphatic carbocycles. The molecule has 0 spiro atoms. The van der Waals surface area contributed by atoms with Gasteiger partial charge in [-0.05, 0) is 38.5 Å². The largest absolute Gasteiger partial charge is 0.379 e. The molecule has 0 bridgehead atoms. The highest BCUT2D eigenvalue weighted by Gasteiger charge is 2.18. The first kappa shape index (κ1) is 22.2. The molecule has 3 N–H and O–H groups in total. The van der Waals surface area contributed by atoms with Crippen LogP contribution in [0.5, 0.6) is 0 Å². The number of nitrogens with two attached hydrogens (primary N) is 1. The second-order valence-electron chi connectivity index (χ2n) is 8.51. The van der Waals surface area contributed by atoms with Crippen molar-refractivity contribution in [3.05, 3.63) is 35.7 Å². The van der Waals surface area contributed by atoms with Gasteiger partial charge in [-0.1, -0.05) is 0 Å². The van der Waals surface area contributed by atoms with Crippen molar-refractivity contribution in [1.29, 1.82) is 0 Å². The zero-order chi connectivity index (χ0) is 23.7. The lowest BCUT2D eigenvalue weighted by Crippen LogP contribution is -2.37. The summed E-state index contributed by atoms with van der Waals surface area (Å²) in [5.74, 6) is 0.592. The number of aromatic amines is 1. The van der Waals surface area contributed by atoms with Gasteiger partial charge in [0.25, 0.3) is 0 Å². The molecule has 3 aromatic heterocycles. The number of carbonyl (C=O) groups excluding carboxylic acids is 1. The van der Waals surface area contributed by atoms with Gasteiger partial charge in [-0.3, -0.25) is 24.2 Å². The van der Waals surface area contributed by atoms with E-state index in [1.165, 1.54) is 0 Å². The van der Waals surface area contributed by atoms with Crippen LogP contribution in [0.15, 0.2) is 24.4 Å². The van der Waals surface area contributed by atoms with Crippen LogP contribution in [0.4, 0.5) is 0 Å². The number of benzene rings is 1. The molecular formula is C23H29N9O2. The van der Waals surface area contributed by atoms with Gasteiger partial charge in [-0.25, -0.2) is 4.98 Å². The van der Waals surface area contributed by atoms with Crippen molar-refractivity contribution in [2.75, 3.05) is 32.8 Å². The highest BCUT2D eigenvalue weighted by Crippen LogP contribution is 2.29. The van der Waals surface area contributed by atoms with E-state index in [2.05, 4.69) is 20.2 Å². The summed E-state index contributed by atoms with van der Waals surface area (Å²) >= 11 is 0. The Morgan fingerprint density at radius 2 is 2.00 bits per heavy atom. The fourth-order valence-electron chi connectivity index (χ4n) is 4.37. The number of nitrogens with zero attached hydrogens (tertiary/aromatic N) is 7. The average Bonchev–Trinajstić information content (AvgIpc) is 3.56. The number of morpholine rings is 1.